The van der Waals surface area contributed by atoms with E-state index in [1.807, 2.05) is 30.3 Å². The van der Waals surface area contributed by atoms with Crippen molar-refractivity contribution in [2.24, 2.45) is 0 Å². The van der Waals surface area contributed by atoms with Crippen LogP contribution in [0.1, 0.15) is 18.7 Å². The van der Waals surface area contributed by atoms with Crippen LogP contribution in [-0.2, 0) is 11.2 Å². The number of anilines is 1. The van der Waals surface area contributed by atoms with Crippen molar-refractivity contribution in [3.63, 3.8) is 0 Å². The number of nitrogens with one attached hydrogen (secondary N) is 1. The van der Waals surface area contributed by atoms with Gasteiger partial charge in [-0.25, -0.2) is 4.39 Å². The lowest BCUT2D eigenvalue weighted by molar-refractivity contribution is -0.116. The van der Waals surface area contributed by atoms with Crippen LogP contribution in [0.4, 0.5) is 10.1 Å². The van der Waals surface area contributed by atoms with Crippen LogP contribution in [0, 0.1) is 5.82 Å². The highest BCUT2D eigenvalue weighted by molar-refractivity contribution is 5.90. The predicted octanol–water partition coefficient (Wildman–Crippen LogP) is 3.84. The van der Waals surface area contributed by atoms with E-state index in [2.05, 4.69) is 15.5 Å². The number of carbonyl (C=O) groups is 1. The van der Waals surface area contributed by atoms with Gasteiger partial charge in [0.15, 0.2) is 0 Å². The molecule has 0 spiro atoms. The number of nitrogens with zero attached hydrogens (tertiary/aromatic N) is 2. The molecule has 1 amide bonds. The Labute approximate surface area is 138 Å². The summed E-state index contributed by atoms with van der Waals surface area (Å²) in [7, 11) is 0. The molecule has 0 aliphatic heterocycles. The number of aromatic nitrogens is 2. The molecule has 0 unspecified atom stereocenters. The van der Waals surface area contributed by atoms with Crippen LogP contribution in [0.5, 0.6) is 0 Å². The smallest absolute Gasteiger partial charge is 0.226 e. The molecule has 0 saturated carbocycles. The number of para-hydroxylation sites is 1. The number of carbonyl (C=O) groups excluding carboxylic acids is 1. The van der Waals surface area contributed by atoms with Crippen LogP contribution in [0.2, 0.25) is 0 Å². The van der Waals surface area contributed by atoms with Crippen molar-refractivity contribution in [2.75, 3.05) is 5.32 Å². The summed E-state index contributed by atoms with van der Waals surface area (Å²) in [6.45, 7) is 0. The zero-order valence-electron chi connectivity index (χ0n) is 12.9. The first kappa shape index (κ1) is 15.9. The van der Waals surface area contributed by atoms with Gasteiger partial charge in [0, 0.05) is 24.1 Å². The second-order valence-corrected chi connectivity index (χ2v) is 5.29. The number of halogens is 1. The van der Waals surface area contributed by atoms with Crippen molar-refractivity contribution in [3.05, 3.63) is 66.3 Å². The molecule has 0 radical (unpaired) electrons. The summed E-state index contributed by atoms with van der Waals surface area (Å²) in [5, 5.41) is 6.70. The lowest BCUT2D eigenvalue weighted by Crippen LogP contribution is -2.11. The average molecular weight is 325 g/mol. The summed E-state index contributed by atoms with van der Waals surface area (Å²) in [5.74, 6) is 0.506. The predicted molar refractivity (Wildman–Crippen MR) is 87.7 cm³/mol. The highest BCUT2D eigenvalue weighted by Crippen LogP contribution is 2.17. The normalized spacial score (nSPS) is 10.5. The number of hydrogen-bond acceptors (Lipinski definition) is 4. The number of amides is 1. The Balaban J connectivity index is 1.49. The van der Waals surface area contributed by atoms with Gasteiger partial charge in [-0.05, 0) is 42.8 Å². The molecule has 1 heterocycles. The van der Waals surface area contributed by atoms with Crippen molar-refractivity contribution in [1.82, 2.24) is 10.1 Å². The zero-order valence-corrected chi connectivity index (χ0v) is 12.9. The summed E-state index contributed by atoms with van der Waals surface area (Å²) in [4.78, 5) is 16.1. The quantitative estimate of drug-likeness (QED) is 0.748. The summed E-state index contributed by atoms with van der Waals surface area (Å²) < 4.78 is 18.1. The van der Waals surface area contributed by atoms with Gasteiger partial charge in [0.25, 0.3) is 0 Å². The van der Waals surface area contributed by atoms with E-state index in [0.29, 0.717) is 36.5 Å². The van der Waals surface area contributed by atoms with Crippen molar-refractivity contribution in [1.29, 1.82) is 0 Å². The van der Waals surface area contributed by atoms with E-state index in [1.165, 1.54) is 12.1 Å². The Morgan fingerprint density at radius 1 is 1.08 bits per heavy atom. The third kappa shape index (κ3) is 4.25. The maximum Gasteiger partial charge on any atom is 0.226 e. The van der Waals surface area contributed by atoms with Gasteiger partial charge in [-0.2, -0.15) is 4.98 Å². The lowest BCUT2D eigenvalue weighted by atomic mass is 10.2. The van der Waals surface area contributed by atoms with E-state index in [4.69, 9.17) is 4.52 Å². The van der Waals surface area contributed by atoms with Crippen LogP contribution in [0.15, 0.2) is 59.1 Å². The molecule has 1 aromatic heterocycles. The maximum absolute atomic E-state index is 12.9. The summed E-state index contributed by atoms with van der Waals surface area (Å²) in [6.07, 6.45) is 1.48. The molecule has 6 heteroatoms. The fourth-order valence-electron chi connectivity index (χ4n) is 2.22. The average Bonchev–Trinajstić information content (AvgIpc) is 3.05. The maximum atomic E-state index is 12.9. The van der Waals surface area contributed by atoms with Crippen molar-refractivity contribution < 1.29 is 13.7 Å². The number of hydrogen-bond donors (Lipinski definition) is 1. The van der Waals surface area contributed by atoms with Crippen LogP contribution in [0.3, 0.4) is 0 Å². The van der Waals surface area contributed by atoms with Gasteiger partial charge in [-0.3, -0.25) is 4.79 Å². The highest BCUT2D eigenvalue weighted by atomic mass is 19.1. The molecule has 0 saturated heterocycles. The minimum absolute atomic E-state index is 0.0560. The monoisotopic (exact) mass is 325 g/mol. The SMILES string of the molecule is O=C(CCCc1nc(-c2ccc(F)cc2)no1)Nc1ccccc1. The van der Waals surface area contributed by atoms with Gasteiger partial charge in [0.1, 0.15) is 5.82 Å². The number of aryl methyl sites for hydroxylation is 1. The molecule has 2 aromatic carbocycles. The van der Waals surface area contributed by atoms with Crippen LogP contribution >= 0.6 is 0 Å². The number of rotatable bonds is 6. The molecule has 3 rings (SSSR count). The largest absolute Gasteiger partial charge is 0.339 e. The molecule has 24 heavy (non-hydrogen) atoms. The van der Waals surface area contributed by atoms with E-state index in [9.17, 15) is 9.18 Å². The van der Waals surface area contributed by atoms with Crippen LogP contribution in [0.25, 0.3) is 11.4 Å². The van der Waals surface area contributed by atoms with E-state index in [-0.39, 0.29) is 11.7 Å². The standard InChI is InChI=1S/C18H16FN3O2/c19-14-11-9-13(10-12-14)18-21-17(24-22-18)8-4-7-16(23)20-15-5-2-1-3-6-15/h1-3,5-6,9-12H,4,7-8H2,(H,20,23). The molecule has 0 atom stereocenters. The lowest BCUT2D eigenvalue weighted by Gasteiger charge is -2.03. The Bertz CT molecular complexity index is 801. The van der Waals surface area contributed by atoms with Crippen molar-refractivity contribution in [3.8, 4) is 11.4 Å². The van der Waals surface area contributed by atoms with Gasteiger partial charge in [0.2, 0.25) is 17.6 Å². The van der Waals surface area contributed by atoms with Crippen molar-refractivity contribution in [2.45, 2.75) is 19.3 Å². The second-order valence-electron chi connectivity index (χ2n) is 5.29. The Kier molecular flexibility index (Phi) is 4.96. The minimum atomic E-state index is -0.313. The molecule has 0 aliphatic carbocycles. The molecule has 0 aliphatic rings. The van der Waals surface area contributed by atoms with E-state index >= 15 is 0 Å². The molecule has 3 aromatic rings. The third-order valence-corrected chi connectivity index (χ3v) is 3.42. The fraction of sp³-hybridized carbons (Fsp3) is 0.167. The summed E-state index contributed by atoms with van der Waals surface area (Å²) >= 11 is 0. The van der Waals surface area contributed by atoms with E-state index < -0.39 is 0 Å². The van der Waals surface area contributed by atoms with Crippen LogP contribution in [-0.4, -0.2) is 16.0 Å². The van der Waals surface area contributed by atoms with Gasteiger partial charge in [-0.1, -0.05) is 23.4 Å². The second kappa shape index (κ2) is 7.50. The molecule has 0 bridgehead atoms. The molecular weight excluding hydrogens is 309 g/mol. The summed E-state index contributed by atoms with van der Waals surface area (Å²) in [5.41, 5.74) is 1.46. The Hall–Kier alpha value is -3.02. The zero-order chi connectivity index (χ0) is 16.8. The first-order valence-corrected chi connectivity index (χ1v) is 7.64. The third-order valence-electron chi connectivity index (χ3n) is 3.42. The van der Waals surface area contributed by atoms with E-state index in [0.717, 1.165) is 5.69 Å². The first-order valence-electron chi connectivity index (χ1n) is 7.64. The summed E-state index contributed by atoms with van der Waals surface area (Å²) in [6, 6.07) is 15.2. The fourth-order valence-corrected chi connectivity index (χ4v) is 2.22. The first-order chi connectivity index (χ1) is 11.7. The van der Waals surface area contributed by atoms with Crippen LogP contribution < -0.4 is 5.32 Å². The van der Waals surface area contributed by atoms with Gasteiger partial charge < -0.3 is 9.84 Å². The van der Waals surface area contributed by atoms with Gasteiger partial charge in [0.05, 0.1) is 0 Å². The number of benzene rings is 2. The highest BCUT2D eigenvalue weighted by Gasteiger charge is 2.10. The van der Waals surface area contributed by atoms with E-state index in [1.54, 1.807) is 12.1 Å². The molecule has 122 valence electrons. The molecule has 5 nitrogen and oxygen atoms in total. The van der Waals surface area contributed by atoms with Gasteiger partial charge >= 0.3 is 0 Å². The Morgan fingerprint density at radius 3 is 2.58 bits per heavy atom. The topological polar surface area (TPSA) is 68.0 Å². The molecule has 0 fully saturated rings. The molecule has 1 N–H and O–H groups in total. The van der Waals surface area contributed by atoms with Gasteiger partial charge in [-0.15, -0.1) is 0 Å². The molecular formula is C18H16FN3O2. The Morgan fingerprint density at radius 2 is 1.83 bits per heavy atom. The van der Waals surface area contributed by atoms with Crippen molar-refractivity contribution >= 4 is 11.6 Å². The minimum Gasteiger partial charge on any atom is -0.339 e.